The topological polar surface area (TPSA) is 51.2 Å². The highest BCUT2D eigenvalue weighted by atomic mass is 35.5. The van der Waals surface area contributed by atoms with Gasteiger partial charge in [0.2, 0.25) is 0 Å². The lowest BCUT2D eigenvalue weighted by Crippen LogP contribution is -2.43. The highest BCUT2D eigenvalue weighted by molar-refractivity contribution is 6.13. The van der Waals surface area contributed by atoms with Gasteiger partial charge in [0.1, 0.15) is 17.6 Å². The minimum absolute atomic E-state index is 0.0321. The van der Waals surface area contributed by atoms with E-state index in [0.717, 1.165) is 28.4 Å². The number of para-hydroxylation sites is 2. The first kappa shape index (κ1) is 23.0. The van der Waals surface area contributed by atoms with E-state index in [1.165, 1.54) is 7.11 Å². The Balaban J connectivity index is 1.54. The van der Waals surface area contributed by atoms with Crippen LogP contribution in [0, 0.1) is 0 Å². The lowest BCUT2D eigenvalue weighted by molar-refractivity contribution is 0.0600. The van der Waals surface area contributed by atoms with Crippen LogP contribution in [0.1, 0.15) is 28.9 Å². The molecule has 33 heavy (non-hydrogen) atoms. The molecule has 2 atom stereocenters. The third-order valence-corrected chi connectivity index (χ3v) is 6.24. The Hall–Kier alpha value is -3.22. The van der Waals surface area contributed by atoms with Crippen molar-refractivity contribution in [2.45, 2.75) is 19.1 Å². The van der Waals surface area contributed by atoms with E-state index in [0.29, 0.717) is 18.7 Å². The molecule has 0 saturated heterocycles. The Morgan fingerprint density at radius 1 is 1.12 bits per heavy atom. The van der Waals surface area contributed by atoms with Crippen molar-refractivity contribution in [3.8, 4) is 11.5 Å². The maximum atomic E-state index is 11.8. The fourth-order valence-corrected chi connectivity index (χ4v) is 4.22. The monoisotopic (exact) mass is 466 g/mol. The molecule has 6 nitrogen and oxygen atoms in total. The van der Waals surface area contributed by atoms with Crippen LogP contribution in [0.5, 0.6) is 11.5 Å². The van der Waals surface area contributed by atoms with Gasteiger partial charge in [-0.2, -0.15) is 0 Å². The first-order valence-electron chi connectivity index (χ1n) is 10.8. The lowest BCUT2D eigenvalue weighted by atomic mass is 10.1. The molecule has 1 aliphatic heterocycles. The molecule has 7 heteroatoms. The van der Waals surface area contributed by atoms with Crippen LogP contribution in [0.3, 0.4) is 0 Å². The van der Waals surface area contributed by atoms with E-state index in [4.69, 9.17) is 26.0 Å². The van der Waals surface area contributed by atoms with E-state index >= 15 is 0 Å². The van der Waals surface area contributed by atoms with Gasteiger partial charge in [-0.3, -0.25) is 0 Å². The second-order valence-corrected chi connectivity index (χ2v) is 8.33. The second kappa shape index (κ2) is 10.1. The van der Waals surface area contributed by atoms with Gasteiger partial charge in [0.25, 0.3) is 0 Å². The molecule has 4 rings (SSSR count). The number of benzene rings is 3. The molecule has 0 aromatic heterocycles. The van der Waals surface area contributed by atoms with Crippen molar-refractivity contribution >= 4 is 29.1 Å². The molecule has 0 radical (unpaired) electrons. The van der Waals surface area contributed by atoms with Crippen LogP contribution in [0.15, 0.2) is 72.8 Å². The molecule has 0 spiro atoms. The molecular weight excluding hydrogens is 440 g/mol. The smallest absolute Gasteiger partial charge is 0.337 e. The Morgan fingerprint density at radius 2 is 1.88 bits per heavy atom. The molecule has 0 N–H and O–H groups in total. The van der Waals surface area contributed by atoms with Crippen LogP contribution in [0.4, 0.5) is 11.4 Å². The third kappa shape index (κ3) is 5.07. The van der Waals surface area contributed by atoms with Crippen LogP contribution < -0.4 is 14.4 Å². The van der Waals surface area contributed by atoms with Gasteiger partial charge in [0.05, 0.1) is 38.6 Å². The zero-order valence-corrected chi connectivity index (χ0v) is 19.7. The van der Waals surface area contributed by atoms with Gasteiger partial charge in [0, 0.05) is 11.7 Å². The summed E-state index contributed by atoms with van der Waals surface area (Å²) in [6, 6.07) is 23.2. The van der Waals surface area contributed by atoms with Gasteiger partial charge in [-0.1, -0.05) is 24.3 Å². The number of esters is 1. The first-order chi connectivity index (χ1) is 16.0. The Labute approximate surface area is 199 Å². The molecule has 3 aromatic rings. The van der Waals surface area contributed by atoms with E-state index < -0.39 is 0 Å². The summed E-state index contributed by atoms with van der Waals surface area (Å²) in [6.07, 6.45) is -0.161. The molecule has 1 aliphatic rings. The number of nitrogens with zero attached hydrogens (tertiary/aromatic N) is 2. The van der Waals surface area contributed by atoms with Crippen LogP contribution in [-0.4, -0.2) is 43.8 Å². The number of halogens is 1. The standard InChI is InChI=1S/C26H27ClN2O4/c1-18(20-7-6-8-22(15-20)31-2)29(27)17-23-16-28(24-9-4-5-10-25(24)33-23)21-13-11-19(12-14-21)26(30)32-3/h4-15,18,23H,16-17H2,1-3H3/t18-,23?/m1/s1. The average Bonchev–Trinajstić information content (AvgIpc) is 2.87. The van der Waals surface area contributed by atoms with Gasteiger partial charge in [-0.25, -0.2) is 9.21 Å². The van der Waals surface area contributed by atoms with Crippen molar-refractivity contribution < 1.29 is 19.0 Å². The van der Waals surface area contributed by atoms with Crippen molar-refractivity contribution in [2.24, 2.45) is 0 Å². The molecule has 3 aromatic carbocycles. The fourth-order valence-electron chi connectivity index (χ4n) is 3.95. The number of fused-ring (bicyclic) bond motifs is 1. The zero-order chi connectivity index (χ0) is 23.4. The van der Waals surface area contributed by atoms with E-state index in [1.54, 1.807) is 23.7 Å². The molecule has 1 unspecified atom stereocenters. The molecule has 0 aliphatic carbocycles. The van der Waals surface area contributed by atoms with Gasteiger partial charge < -0.3 is 19.1 Å². The number of carbonyl (C=O) groups excluding carboxylic acids is 1. The normalized spacial score (nSPS) is 16.0. The van der Waals surface area contributed by atoms with Crippen molar-refractivity contribution in [1.82, 2.24) is 4.42 Å². The number of carbonyl (C=O) groups is 1. The number of hydrogen-bond donors (Lipinski definition) is 0. The van der Waals surface area contributed by atoms with Crippen molar-refractivity contribution in [1.29, 1.82) is 0 Å². The summed E-state index contributed by atoms with van der Waals surface area (Å²) in [4.78, 5) is 14.0. The minimum atomic E-state index is -0.355. The molecule has 1 heterocycles. The summed E-state index contributed by atoms with van der Waals surface area (Å²) in [5.74, 6) is 1.24. The predicted molar refractivity (Wildman–Crippen MR) is 130 cm³/mol. The fraction of sp³-hybridized carbons (Fsp3) is 0.269. The van der Waals surface area contributed by atoms with Crippen LogP contribution in [0.25, 0.3) is 0 Å². The third-order valence-electron chi connectivity index (χ3n) is 5.81. The molecule has 0 saturated carbocycles. The molecule has 0 bridgehead atoms. The van der Waals surface area contributed by atoms with Crippen molar-refractivity contribution in [2.75, 3.05) is 32.2 Å². The van der Waals surface area contributed by atoms with Crippen LogP contribution in [0.2, 0.25) is 0 Å². The Bertz CT molecular complexity index is 1110. The SMILES string of the molecule is COC(=O)c1ccc(N2CC(CN(Cl)[C@H](C)c3cccc(OC)c3)Oc3ccccc32)cc1. The quantitative estimate of drug-likeness (QED) is 0.334. The maximum Gasteiger partial charge on any atom is 0.337 e. The van der Waals surface area contributed by atoms with Crippen LogP contribution >= 0.6 is 11.8 Å². The summed E-state index contributed by atoms with van der Waals surface area (Å²) in [5.41, 5.74) is 3.51. The lowest BCUT2D eigenvalue weighted by Gasteiger charge is -2.38. The van der Waals surface area contributed by atoms with E-state index in [-0.39, 0.29) is 18.1 Å². The summed E-state index contributed by atoms with van der Waals surface area (Å²) in [6.45, 7) is 3.19. The van der Waals surface area contributed by atoms with E-state index in [1.807, 2.05) is 60.7 Å². The molecule has 0 amide bonds. The first-order valence-corrected chi connectivity index (χ1v) is 11.1. The largest absolute Gasteiger partial charge is 0.497 e. The van der Waals surface area contributed by atoms with Crippen molar-refractivity contribution in [3.05, 3.63) is 83.9 Å². The Kier molecular flexibility index (Phi) is 7.06. The van der Waals surface area contributed by atoms with Gasteiger partial charge in [-0.15, -0.1) is 0 Å². The maximum absolute atomic E-state index is 11.8. The number of methoxy groups -OCH3 is 2. The number of rotatable bonds is 7. The second-order valence-electron chi connectivity index (χ2n) is 7.89. The molecule has 172 valence electrons. The van der Waals surface area contributed by atoms with Crippen molar-refractivity contribution in [3.63, 3.8) is 0 Å². The summed E-state index contributed by atoms with van der Waals surface area (Å²) < 4.78 is 18.2. The zero-order valence-electron chi connectivity index (χ0n) is 18.9. The molecule has 0 fully saturated rings. The summed E-state index contributed by atoms with van der Waals surface area (Å²) in [5, 5.41) is 0. The molecular formula is C26H27ClN2O4. The number of ether oxygens (including phenoxy) is 3. The Morgan fingerprint density at radius 3 is 2.61 bits per heavy atom. The number of hydrogen-bond acceptors (Lipinski definition) is 6. The highest BCUT2D eigenvalue weighted by Crippen LogP contribution is 2.38. The highest BCUT2D eigenvalue weighted by Gasteiger charge is 2.29. The average molecular weight is 467 g/mol. The summed E-state index contributed by atoms with van der Waals surface area (Å²) >= 11 is 6.73. The van der Waals surface area contributed by atoms with Crippen LogP contribution in [-0.2, 0) is 4.74 Å². The van der Waals surface area contributed by atoms with Gasteiger partial charge in [0.15, 0.2) is 0 Å². The van der Waals surface area contributed by atoms with Gasteiger partial charge in [-0.05, 0) is 72.8 Å². The van der Waals surface area contributed by atoms with Gasteiger partial charge >= 0.3 is 5.97 Å². The minimum Gasteiger partial charge on any atom is -0.497 e. The number of anilines is 2. The van der Waals surface area contributed by atoms with E-state index in [2.05, 4.69) is 11.8 Å². The summed E-state index contributed by atoms with van der Waals surface area (Å²) in [7, 11) is 3.03. The predicted octanol–water partition coefficient (Wildman–Crippen LogP) is 5.60. The van der Waals surface area contributed by atoms with E-state index in [9.17, 15) is 4.79 Å².